The van der Waals surface area contributed by atoms with E-state index in [1.165, 1.54) is 0 Å². The van der Waals surface area contributed by atoms with E-state index in [1.807, 2.05) is 29.2 Å². The molecule has 0 fully saturated rings. The molecule has 7 heteroatoms. The van der Waals surface area contributed by atoms with Crippen molar-refractivity contribution in [2.45, 2.75) is 32.4 Å². The minimum Gasteiger partial charge on any atom is -0.361 e. The van der Waals surface area contributed by atoms with Crippen molar-refractivity contribution < 1.29 is 4.74 Å². The van der Waals surface area contributed by atoms with E-state index in [9.17, 15) is 0 Å². The van der Waals surface area contributed by atoms with Gasteiger partial charge in [-0.15, -0.1) is 0 Å². The number of nitrogens with one attached hydrogen (secondary N) is 1. The Balaban J connectivity index is 1.63. The highest BCUT2D eigenvalue weighted by atomic mass is 28.3. The topological polar surface area (TPSA) is 68.6 Å². The van der Waals surface area contributed by atoms with E-state index in [0.717, 1.165) is 45.8 Å². The van der Waals surface area contributed by atoms with E-state index in [-0.39, 0.29) is 0 Å². The summed E-state index contributed by atoms with van der Waals surface area (Å²) in [7, 11) is -1.07. The number of ether oxygens (including phenoxy) is 1. The molecule has 134 valence electrons. The van der Waals surface area contributed by atoms with E-state index in [0.29, 0.717) is 6.73 Å². The Labute approximate surface area is 153 Å². The Bertz CT molecular complexity index is 1050. The highest BCUT2D eigenvalue weighted by Crippen LogP contribution is 2.31. The molecule has 0 spiro atoms. The average molecular weight is 366 g/mol. The summed E-state index contributed by atoms with van der Waals surface area (Å²) in [5, 5.41) is 2.14. The van der Waals surface area contributed by atoms with Crippen molar-refractivity contribution in [3.8, 4) is 11.3 Å². The van der Waals surface area contributed by atoms with Crippen LogP contribution in [0, 0.1) is 0 Å². The van der Waals surface area contributed by atoms with Crippen LogP contribution in [0.15, 0.2) is 43.2 Å². The maximum absolute atomic E-state index is 5.89. The zero-order valence-corrected chi connectivity index (χ0v) is 16.4. The molecule has 0 unspecified atom stereocenters. The van der Waals surface area contributed by atoms with Gasteiger partial charge in [0.1, 0.15) is 18.7 Å². The van der Waals surface area contributed by atoms with Gasteiger partial charge >= 0.3 is 0 Å². The van der Waals surface area contributed by atoms with Crippen LogP contribution in [0.1, 0.15) is 0 Å². The molecule has 0 aliphatic heterocycles. The summed E-state index contributed by atoms with van der Waals surface area (Å²) in [6.45, 7) is 8.39. The second-order valence-electron chi connectivity index (χ2n) is 7.72. The number of aromatic nitrogens is 5. The Morgan fingerprint density at radius 2 is 2.04 bits per heavy atom. The van der Waals surface area contributed by atoms with Crippen LogP contribution in [-0.4, -0.2) is 39.2 Å². The van der Waals surface area contributed by atoms with Gasteiger partial charge in [-0.2, -0.15) is 0 Å². The number of pyridine rings is 1. The Hall–Kier alpha value is -2.51. The number of hydrogen-bond donors (Lipinski definition) is 1. The highest BCUT2D eigenvalue weighted by Gasteiger charge is 2.15. The largest absolute Gasteiger partial charge is 0.361 e. The molecule has 0 atom stereocenters. The van der Waals surface area contributed by atoms with Crippen LogP contribution in [0.4, 0.5) is 0 Å². The fourth-order valence-corrected chi connectivity index (χ4v) is 3.79. The van der Waals surface area contributed by atoms with Crippen LogP contribution in [0.25, 0.3) is 33.2 Å². The van der Waals surface area contributed by atoms with Gasteiger partial charge in [0.15, 0.2) is 0 Å². The molecule has 0 saturated carbocycles. The van der Waals surface area contributed by atoms with Gasteiger partial charge in [-0.25, -0.2) is 9.97 Å². The van der Waals surface area contributed by atoms with Gasteiger partial charge in [0.05, 0.1) is 17.4 Å². The van der Waals surface area contributed by atoms with Crippen molar-refractivity contribution in [1.82, 2.24) is 24.5 Å². The first kappa shape index (κ1) is 16.9. The van der Waals surface area contributed by atoms with E-state index in [4.69, 9.17) is 4.74 Å². The van der Waals surface area contributed by atoms with Crippen molar-refractivity contribution in [3.63, 3.8) is 0 Å². The first-order valence-corrected chi connectivity index (χ1v) is 12.5. The lowest BCUT2D eigenvalue weighted by Gasteiger charge is -2.15. The van der Waals surface area contributed by atoms with Crippen LogP contribution >= 0.6 is 0 Å². The van der Waals surface area contributed by atoms with E-state index >= 15 is 0 Å². The summed E-state index contributed by atoms with van der Waals surface area (Å²) in [6.07, 6.45) is 9.25. The summed E-state index contributed by atoms with van der Waals surface area (Å²) in [6, 6.07) is 5.23. The maximum atomic E-state index is 5.89. The first-order valence-electron chi connectivity index (χ1n) is 8.82. The third-order valence-electron chi connectivity index (χ3n) is 4.52. The van der Waals surface area contributed by atoms with Gasteiger partial charge in [-0.05, 0) is 18.2 Å². The SMILES string of the molecule is C[Si](C)(C)CCOCn1ccc2c(-c3c[nH]c4cnccc34)ncnc21. The van der Waals surface area contributed by atoms with Crippen LogP contribution in [0.5, 0.6) is 0 Å². The molecule has 1 N–H and O–H groups in total. The van der Waals surface area contributed by atoms with Crippen LogP contribution < -0.4 is 0 Å². The monoisotopic (exact) mass is 365 g/mol. The van der Waals surface area contributed by atoms with Crippen LogP contribution in [-0.2, 0) is 11.5 Å². The Morgan fingerprint density at radius 3 is 2.88 bits per heavy atom. The molecule has 0 amide bonds. The van der Waals surface area contributed by atoms with Crippen LogP contribution in [0.3, 0.4) is 0 Å². The van der Waals surface area contributed by atoms with Gasteiger partial charge in [0.25, 0.3) is 0 Å². The molecule has 0 aromatic carbocycles. The number of hydrogen-bond acceptors (Lipinski definition) is 4. The second kappa shape index (κ2) is 6.66. The van der Waals surface area contributed by atoms with Gasteiger partial charge in [0.2, 0.25) is 0 Å². The summed E-state index contributed by atoms with van der Waals surface area (Å²) in [4.78, 5) is 16.4. The lowest BCUT2D eigenvalue weighted by molar-refractivity contribution is 0.0899. The summed E-state index contributed by atoms with van der Waals surface area (Å²) in [5.41, 5.74) is 3.88. The molecule has 6 nitrogen and oxygen atoms in total. The Morgan fingerprint density at radius 1 is 1.15 bits per heavy atom. The average Bonchev–Trinajstić information content (AvgIpc) is 3.22. The number of fused-ring (bicyclic) bond motifs is 2. The quantitative estimate of drug-likeness (QED) is 0.409. The lowest BCUT2D eigenvalue weighted by Crippen LogP contribution is -2.22. The van der Waals surface area contributed by atoms with Gasteiger partial charge < -0.3 is 14.3 Å². The number of H-pyrrole nitrogens is 1. The molecule has 0 bridgehead atoms. The normalized spacial score (nSPS) is 12.3. The number of rotatable bonds is 6. The van der Waals surface area contributed by atoms with E-state index in [1.54, 1.807) is 12.5 Å². The van der Waals surface area contributed by atoms with Crippen LogP contribution in [0.2, 0.25) is 25.7 Å². The summed E-state index contributed by atoms with van der Waals surface area (Å²) < 4.78 is 7.93. The molecule has 4 aromatic heterocycles. The van der Waals surface area contributed by atoms with Crippen molar-refractivity contribution in [1.29, 1.82) is 0 Å². The second-order valence-corrected chi connectivity index (χ2v) is 13.3. The van der Waals surface area contributed by atoms with Crippen molar-refractivity contribution >= 4 is 30.0 Å². The zero-order valence-electron chi connectivity index (χ0n) is 15.4. The molecule has 0 aliphatic carbocycles. The van der Waals surface area contributed by atoms with E-state index in [2.05, 4.69) is 45.6 Å². The fourth-order valence-electron chi connectivity index (χ4n) is 3.03. The Kier molecular flexibility index (Phi) is 4.34. The van der Waals surface area contributed by atoms with Crippen molar-refractivity contribution in [2.75, 3.05) is 6.61 Å². The minimum atomic E-state index is -1.07. The van der Waals surface area contributed by atoms with Crippen molar-refractivity contribution in [2.24, 2.45) is 0 Å². The molecular formula is C19H23N5OSi. The third-order valence-corrected chi connectivity index (χ3v) is 6.23. The molecule has 4 rings (SSSR count). The predicted molar refractivity (Wildman–Crippen MR) is 107 cm³/mol. The number of aromatic amines is 1. The van der Waals surface area contributed by atoms with Crippen molar-refractivity contribution in [3.05, 3.63) is 43.2 Å². The third kappa shape index (κ3) is 3.27. The fraction of sp³-hybridized carbons (Fsp3) is 0.316. The molecule has 4 heterocycles. The molecule has 0 saturated heterocycles. The van der Waals surface area contributed by atoms with Gasteiger partial charge in [-0.3, -0.25) is 4.98 Å². The predicted octanol–water partition coefficient (Wildman–Crippen LogP) is 4.29. The zero-order chi connectivity index (χ0) is 18.1. The maximum Gasteiger partial charge on any atom is 0.145 e. The standard InChI is InChI=1S/C19H23N5OSi/c1-26(2,3)9-8-25-13-24-7-5-15-18(22-12-23-19(15)24)16-10-21-17-11-20-6-4-14(16)17/h4-7,10-12,21H,8-9,13H2,1-3H3. The molecule has 0 aliphatic rings. The lowest BCUT2D eigenvalue weighted by atomic mass is 10.1. The van der Waals surface area contributed by atoms with E-state index < -0.39 is 8.07 Å². The molecule has 4 aromatic rings. The summed E-state index contributed by atoms with van der Waals surface area (Å²) >= 11 is 0. The minimum absolute atomic E-state index is 0.516. The van der Waals surface area contributed by atoms with Gasteiger partial charge in [-0.1, -0.05) is 19.6 Å². The first-order chi connectivity index (χ1) is 12.5. The smallest absolute Gasteiger partial charge is 0.145 e. The highest BCUT2D eigenvalue weighted by molar-refractivity contribution is 6.76. The summed E-state index contributed by atoms with van der Waals surface area (Å²) in [5.74, 6) is 0. The molecule has 26 heavy (non-hydrogen) atoms. The number of nitrogens with zero attached hydrogens (tertiary/aromatic N) is 4. The molecule has 0 radical (unpaired) electrons. The molecular weight excluding hydrogens is 342 g/mol. The van der Waals surface area contributed by atoms with Gasteiger partial charge in [0, 0.05) is 49.6 Å².